The summed E-state index contributed by atoms with van der Waals surface area (Å²) in [5.41, 5.74) is 1.08. The summed E-state index contributed by atoms with van der Waals surface area (Å²) >= 11 is 6.31. The van der Waals surface area contributed by atoms with Crippen LogP contribution in [0.4, 0.5) is 0 Å². The van der Waals surface area contributed by atoms with Gasteiger partial charge in [-0.3, -0.25) is 4.90 Å². The van der Waals surface area contributed by atoms with Crippen molar-refractivity contribution in [2.45, 2.75) is 39.3 Å². The fraction of sp³-hybridized carbons (Fsp3) is 0.667. The predicted molar refractivity (Wildman–Crippen MR) is 101 cm³/mol. The Kier molecular flexibility index (Phi) is 7.54. The fourth-order valence-electron chi connectivity index (χ4n) is 3.34. The lowest BCUT2D eigenvalue weighted by atomic mass is 10.1. The molecule has 0 saturated carbocycles. The Hall–Kier alpha value is -0.620. The van der Waals surface area contributed by atoms with E-state index < -0.39 is 9.84 Å². The highest BCUT2D eigenvalue weighted by Gasteiger charge is 2.32. The van der Waals surface area contributed by atoms with Crippen molar-refractivity contribution >= 4 is 21.4 Å². The average molecular weight is 373 g/mol. The van der Waals surface area contributed by atoms with Crippen LogP contribution in [-0.2, 0) is 16.4 Å². The minimum atomic E-state index is -2.88. The van der Waals surface area contributed by atoms with Gasteiger partial charge in [-0.05, 0) is 44.1 Å². The molecule has 136 valence electrons. The lowest BCUT2D eigenvalue weighted by Crippen LogP contribution is -2.38. The molecule has 0 spiro atoms. The van der Waals surface area contributed by atoms with E-state index in [4.69, 9.17) is 11.6 Å². The minimum Gasteiger partial charge on any atom is -0.304 e. The molecule has 0 radical (unpaired) electrons. The summed E-state index contributed by atoms with van der Waals surface area (Å²) in [4.78, 5) is 4.72. The van der Waals surface area contributed by atoms with Crippen LogP contribution in [0.1, 0.15) is 32.3 Å². The standard InChI is InChI=1S/C18H29ClN2O2S/c1-3-20(4-2)11-7-12-21(17-10-13-24(22,23)15-17)14-16-8-5-6-9-18(16)19/h5-6,8-9,17H,3-4,7,10-15H2,1-2H3/t17-/m1/s1. The van der Waals surface area contributed by atoms with Gasteiger partial charge in [0.15, 0.2) is 9.84 Å². The highest BCUT2D eigenvalue weighted by atomic mass is 35.5. The first-order valence-corrected chi connectivity index (χ1v) is 11.0. The van der Waals surface area contributed by atoms with E-state index in [9.17, 15) is 8.42 Å². The summed E-state index contributed by atoms with van der Waals surface area (Å²) < 4.78 is 23.8. The van der Waals surface area contributed by atoms with E-state index in [2.05, 4.69) is 23.6 Å². The molecule has 0 aromatic heterocycles. The molecular formula is C18H29ClN2O2S. The molecule has 2 rings (SSSR count). The number of rotatable bonds is 9. The summed E-state index contributed by atoms with van der Waals surface area (Å²) in [5, 5.41) is 0.757. The van der Waals surface area contributed by atoms with Crippen molar-refractivity contribution in [1.29, 1.82) is 0 Å². The van der Waals surface area contributed by atoms with Crippen LogP contribution in [0.3, 0.4) is 0 Å². The van der Waals surface area contributed by atoms with Crippen LogP contribution in [0, 0.1) is 0 Å². The molecule has 4 nitrogen and oxygen atoms in total. The Balaban J connectivity index is 2.03. The number of sulfone groups is 1. The predicted octanol–water partition coefficient (Wildman–Crippen LogP) is 3.06. The third-order valence-corrected chi connectivity index (χ3v) is 6.99. The second kappa shape index (κ2) is 9.18. The summed E-state index contributed by atoms with van der Waals surface area (Å²) in [6.45, 7) is 9.13. The lowest BCUT2D eigenvalue weighted by Gasteiger charge is -2.29. The van der Waals surface area contributed by atoms with Gasteiger partial charge in [0, 0.05) is 24.2 Å². The molecule has 0 N–H and O–H groups in total. The van der Waals surface area contributed by atoms with Crippen LogP contribution < -0.4 is 0 Å². The molecule has 1 aliphatic rings. The molecule has 6 heteroatoms. The van der Waals surface area contributed by atoms with E-state index >= 15 is 0 Å². The number of benzene rings is 1. The SMILES string of the molecule is CCN(CC)CCCN(Cc1ccccc1Cl)[C@@H]1CCS(=O)(=O)C1. The molecule has 1 aromatic carbocycles. The molecule has 1 fully saturated rings. The van der Waals surface area contributed by atoms with E-state index in [0.29, 0.717) is 5.75 Å². The Morgan fingerprint density at radius 1 is 1.17 bits per heavy atom. The molecule has 1 atom stereocenters. The Morgan fingerprint density at radius 2 is 1.88 bits per heavy atom. The van der Waals surface area contributed by atoms with Gasteiger partial charge >= 0.3 is 0 Å². The second-order valence-electron chi connectivity index (χ2n) is 6.50. The van der Waals surface area contributed by atoms with Gasteiger partial charge in [0.1, 0.15) is 0 Å². The van der Waals surface area contributed by atoms with Crippen molar-refractivity contribution in [2.75, 3.05) is 37.7 Å². The molecular weight excluding hydrogens is 344 g/mol. The van der Waals surface area contributed by atoms with Gasteiger partial charge in [-0.15, -0.1) is 0 Å². The van der Waals surface area contributed by atoms with Crippen molar-refractivity contribution < 1.29 is 8.42 Å². The maximum Gasteiger partial charge on any atom is 0.151 e. The van der Waals surface area contributed by atoms with Crippen molar-refractivity contribution in [1.82, 2.24) is 9.80 Å². The van der Waals surface area contributed by atoms with Crippen molar-refractivity contribution in [3.8, 4) is 0 Å². The number of nitrogens with zero attached hydrogens (tertiary/aromatic N) is 2. The van der Waals surface area contributed by atoms with E-state index in [1.165, 1.54) is 0 Å². The first-order chi connectivity index (χ1) is 11.4. The molecule has 24 heavy (non-hydrogen) atoms. The fourth-order valence-corrected chi connectivity index (χ4v) is 5.29. The van der Waals surface area contributed by atoms with Crippen LogP contribution in [0.2, 0.25) is 5.02 Å². The zero-order chi connectivity index (χ0) is 17.6. The third kappa shape index (κ3) is 5.73. The highest BCUT2D eigenvalue weighted by Crippen LogP contribution is 2.23. The second-order valence-corrected chi connectivity index (χ2v) is 9.14. The molecule has 1 saturated heterocycles. The zero-order valence-electron chi connectivity index (χ0n) is 14.7. The molecule has 1 aromatic rings. The van der Waals surface area contributed by atoms with Crippen LogP contribution in [0.5, 0.6) is 0 Å². The molecule has 0 amide bonds. The maximum absolute atomic E-state index is 11.9. The summed E-state index contributed by atoms with van der Waals surface area (Å²) in [5.74, 6) is 0.593. The third-order valence-electron chi connectivity index (χ3n) is 4.87. The Morgan fingerprint density at radius 3 is 2.46 bits per heavy atom. The van der Waals surface area contributed by atoms with Gasteiger partial charge in [0.05, 0.1) is 11.5 Å². The molecule has 1 heterocycles. The van der Waals surface area contributed by atoms with E-state index in [-0.39, 0.29) is 11.8 Å². The normalized spacial score (nSPS) is 20.1. The Labute approximate surface area is 151 Å². The van der Waals surface area contributed by atoms with Gasteiger partial charge in [-0.25, -0.2) is 8.42 Å². The van der Waals surface area contributed by atoms with E-state index in [1.54, 1.807) is 0 Å². The monoisotopic (exact) mass is 372 g/mol. The van der Waals surface area contributed by atoms with Gasteiger partial charge in [0.2, 0.25) is 0 Å². The number of halogens is 1. The summed E-state index contributed by atoms with van der Waals surface area (Å²) in [7, 11) is -2.88. The van der Waals surface area contributed by atoms with Gasteiger partial charge in [-0.1, -0.05) is 43.6 Å². The van der Waals surface area contributed by atoms with E-state index in [1.807, 2.05) is 24.3 Å². The van der Waals surface area contributed by atoms with Crippen LogP contribution >= 0.6 is 11.6 Å². The average Bonchev–Trinajstić information content (AvgIpc) is 2.92. The minimum absolute atomic E-state index is 0.114. The quantitative estimate of drug-likeness (QED) is 0.668. The zero-order valence-corrected chi connectivity index (χ0v) is 16.3. The summed E-state index contributed by atoms with van der Waals surface area (Å²) in [6, 6.07) is 7.96. The molecule has 0 aliphatic carbocycles. The van der Waals surface area contributed by atoms with Crippen LogP contribution in [-0.4, -0.2) is 61.9 Å². The first-order valence-electron chi connectivity index (χ1n) is 8.85. The largest absolute Gasteiger partial charge is 0.304 e. The van der Waals surface area contributed by atoms with Crippen LogP contribution in [0.25, 0.3) is 0 Å². The van der Waals surface area contributed by atoms with Crippen molar-refractivity contribution in [3.63, 3.8) is 0 Å². The molecule has 1 aliphatic heterocycles. The lowest BCUT2D eigenvalue weighted by molar-refractivity contribution is 0.186. The number of hydrogen-bond donors (Lipinski definition) is 0. The van der Waals surface area contributed by atoms with Crippen molar-refractivity contribution in [3.05, 3.63) is 34.9 Å². The van der Waals surface area contributed by atoms with Gasteiger partial charge < -0.3 is 4.90 Å². The van der Waals surface area contributed by atoms with Crippen LogP contribution in [0.15, 0.2) is 24.3 Å². The first kappa shape index (κ1) is 19.7. The number of hydrogen-bond acceptors (Lipinski definition) is 4. The van der Waals surface area contributed by atoms with E-state index in [0.717, 1.165) is 56.2 Å². The topological polar surface area (TPSA) is 40.6 Å². The maximum atomic E-state index is 11.9. The van der Waals surface area contributed by atoms with Crippen molar-refractivity contribution in [2.24, 2.45) is 0 Å². The van der Waals surface area contributed by atoms with Gasteiger partial charge in [-0.2, -0.15) is 0 Å². The van der Waals surface area contributed by atoms with Gasteiger partial charge in [0.25, 0.3) is 0 Å². The Bertz CT molecular complexity index is 617. The molecule has 0 bridgehead atoms. The highest BCUT2D eigenvalue weighted by molar-refractivity contribution is 7.91. The molecule has 0 unspecified atom stereocenters. The summed E-state index contributed by atoms with van der Waals surface area (Å²) in [6.07, 6.45) is 1.78. The smallest absolute Gasteiger partial charge is 0.151 e.